The number of nitrogens with zero attached hydrogens (tertiary/aromatic N) is 4. The van der Waals surface area contributed by atoms with Crippen molar-refractivity contribution in [2.75, 3.05) is 54.1 Å². The van der Waals surface area contributed by atoms with Gasteiger partial charge in [-0.2, -0.15) is 5.10 Å². The lowest BCUT2D eigenvalue weighted by atomic mass is 10.0. The maximum atomic E-state index is 5.55. The second-order valence-corrected chi connectivity index (χ2v) is 7.11. The zero-order valence-corrected chi connectivity index (χ0v) is 18.2. The topological polar surface area (TPSA) is 85.2 Å². The molecule has 0 saturated carbocycles. The highest BCUT2D eigenvalue weighted by Crippen LogP contribution is 2.32. The predicted molar refractivity (Wildman–Crippen MR) is 116 cm³/mol. The van der Waals surface area contributed by atoms with Crippen LogP contribution in [0.3, 0.4) is 0 Å². The Hall–Kier alpha value is -2.78. The Morgan fingerprint density at radius 3 is 2.60 bits per heavy atom. The summed E-state index contributed by atoms with van der Waals surface area (Å²) in [6, 6.07) is 6.24. The van der Waals surface area contributed by atoms with Crippen LogP contribution in [0.25, 0.3) is 0 Å². The van der Waals surface area contributed by atoms with Crippen molar-refractivity contribution >= 4 is 5.96 Å². The summed E-state index contributed by atoms with van der Waals surface area (Å²) in [4.78, 5) is 6.78. The van der Waals surface area contributed by atoms with Crippen LogP contribution in [-0.4, -0.2) is 74.8 Å². The summed E-state index contributed by atoms with van der Waals surface area (Å²) >= 11 is 0. The molecule has 0 radical (unpaired) electrons. The van der Waals surface area contributed by atoms with Crippen LogP contribution >= 0.6 is 0 Å². The van der Waals surface area contributed by atoms with E-state index in [0.29, 0.717) is 13.1 Å². The summed E-state index contributed by atoms with van der Waals surface area (Å²) in [5, 5.41) is 11.0. The van der Waals surface area contributed by atoms with E-state index in [2.05, 4.69) is 31.7 Å². The molecule has 1 unspecified atom stereocenters. The molecule has 30 heavy (non-hydrogen) atoms. The molecule has 164 valence electrons. The highest BCUT2D eigenvalue weighted by Gasteiger charge is 2.24. The van der Waals surface area contributed by atoms with Crippen LogP contribution in [0.4, 0.5) is 0 Å². The van der Waals surface area contributed by atoms with Gasteiger partial charge in [-0.3, -0.25) is 14.6 Å². The van der Waals surface area contributed by atoms with E-state index in [1.807, 2.05) is 31.6 Å². The first kappa shape index (κ1) is 21.9. The van der Waals surface area contributed by atoms with Crippen LogP contribution in [0, 0.1) is 0 Å². The number of ether oxygens (including phenoxy) is 3. The van der Waals surface area contributed by atoms with Gasteiger partial charge < -0.3 is 24.8 Å². The molecule has 1 aromatic carbocycles. The third kappa shape index (κ3) is 5.64. The third-order valence-electron chi connectivity index (χ3n) is 5.18. The summed E-state index contributed by atoms with van der Waals surface area (Å²) in [6.07, 6.45) is 3.83. The third-order valence-corrected chi connectivity index (χ3v) is 5.18. The smallest absolute Gasteiger partial charge is 0.191 e. The summed E-state index contributed by atoms with van der Waals surface area (Å²) in [6.45, 7) is 4.58. The van der Waals surface area contributed by atoms with Crippen LogP contribution in [0.1, 0.15) is 17.2 Å². The number of morpholine rings is 1. The fourth-order valence-corrected chi connectivity index (χ4v) is 3.57. The van der Waals surface area contributed by atoms with Crippen molar-refractivity contribution in [3.05, 3.63) is 41.7 Å². The fraction of sp³-hybridized carbons (Fsp3) is 0.524. The molecule has 3 rings (SSSR count). The molecule has 2 aromatic rings. The second kappa shape index (κ2) is 10.8. The van der Waals surface area contributed by atoms with E-state index in [0.717, 1.165) is 54.9 Å². The first-order chi connectivity index (χ1) is 14.6. The van der Waals surface area contributed by atoms with Crippen molar-refractivity contribution < 1.29 is 14.2 Å². The molecule has 0 spiro atoms. The molecule has 2 N–H and O–H groups in total. The van der Waals surface area contributed by atoms with Gasteiger partial charge in [0.15, 0.2) is 17.5 Å². The maximum absolute atomic E-state index is 5.55. The Kier molecular flexibility index (Phi) is 7.92. The van der Waals surface area contributed by atoms with E-state index in [1.54, 1.807) is 25.9 Å². The van der Waals surface area contributed by atoms with Crippen LogP contribution in [0.15, 0.2) is 35.6 Å². The molecule has 0 bridgehead atoms. The van der Waals surface area contributed by atoms with E-state index >= 15 is 0 Å². The van der Waals surface area contributed by atoms with E-state index < -0.39 is 0 Å². The summed E-state index contributed by atoms with van der Waals surface area (Å²) in [5.74, 6) is 2.20. The van der Waals surface area contributed by atoms with Crippen molar-refractivity contribution in [2.24, 2.45) is 12.0 Å². The second-order valence-electron chi connectivity index (χ2n) is 7.11. The number of aliphatic imine (C=N–C) groups is 1. The van der Waals surface area contributed by atoms with Gasteiger partial charge in [0.05, 0.1) is 39.7 Å². The number of hydrogen-bond donors (Lipinski definition) is 2. The minimum atomic E-state index is 0.144. The van der Waals surface area contributed by atoms with E-state index in [-0.39, 0.29) is 6.04 Å². The summed E-state index contributed by atoms with van der Waals surface area (Å²) in [5.41, 5.74) is 2.26. The van der Waals surface area contributed by atoms with E-state index in [4.69, 9.17) is 14.2 Å². The molecule has 9 heteroatoms. The number of aryl methyl sites for hydroxylation is 1. The number of rotatable bonds is 8. The number of guanidine groups is 1. The maximum Gasteiger partial charge on any atom is 0.191 e. The van der Waals surface area contributed by atoms with Crippen molar-refractivity contribution in [3.8, 4) is 11.5 Å². The van der Waals surface area contributed by atoms with Crippen LogP contribution in [-0.2, 0) is 18.3 Å². The number of methoxy groups -OCH3 is 2. The SMILES string of the molecule is CN=C(NCc1cnn(C)c1)NCC(c1ccc(OC)c(OC)c1)N1CCOCC1. The number of benzene rings is 1. The quantitative estimate of drug-likeness (QED) is 0.494. The van der Waals surface area contributed by atoms with Gasteiger partial charge in [0.1, 0.15) is 0 Å². The Labute approximate surface area is 178 Å². The van der Waals surface area contributed by atoms with E-state index in [1.165, 1.54) is 0 Å². The minimum absolute atomic E-state index is 0.144. The van der Waals surface area contributed by atoms with Crippen LogP contribution < -0.4 is 20.1 Å². The van der Waals surface area contributed by atoms with Gasteiger partial charge in [-0.05, 0) is 17.7 Å². The Bertz CT molecular complexity index is 832. The van der Waals surface area contributed by atoms with Gasteiger partial charge in [0, 0.05) is 52.0 Å². The molecule has 1 atom stereocenters. The number of hydrogen-bond acceptors (Lipinski definition) is 6. The van der Waals surface area contributed by atoms with Crippen molar-refractivity contribution in [2.45, 2.75) is 12.6 Å². The average molecular weight is 417 g/mol. The fourth-order valence-electron chi connectivity index (χ4n) is 3.57. The monoisotopic (exact) mass is 416 g/mol. The molecule has 1 fully saturated rings. The van der Waals surface area contributed by atoms with Gasteiger partial charge in [-0.1, -0.05) is 6.07 Å². The Morgan fingerprint density at radius 1 is 1.20 bits per heavy atom. The number of nitrogens with one attached hydrogen (secondary N) is 2. The van der Waals surface area contributed by atoms with Gasteiger partial charge in [-0.15, -0.1) is 0 Å². The molecule has 1 aliphatic heterocycles. The molecule has 1 saturated heterocycles. The molecule has 1 aromatic heterocycles. The van der Waals surface area contributed by atoms with Gasteiger partial charge in [0.25, 0.3) is 0 Å². The highest BCUT2D eigenvalue weighted by molar-refractivity contribution is 5.79. The highest BCUT2D eigenvalue weighted by atomic mass is 16.5. The van der Waals surface area contributed by atoms with Gasteiger partial charge in [-0.25, -0.2) is 0 Å². The summed E-state index contributed by atoms with van der Waals surface area (Å²) < 4.78 is 18.3. The van der Waals surface area contributed by atoms with Gasteiger partial charge in [0.2, 0.25) is 0 Å². The van der Waals surface area contributed by atoms with Gasteiger partial charge >= 0.3 is 0 Å². The predicted octanol–water partition coefficient (Wildman–Crippen LogP) is 1.18. The van der Waals surface area contributed by atoms with Crippen LogP contribution in [0.2, 0.25) is 0 Å². The lowest BCUT2D eigenvalue weighted by Crippen LogP contribution is -2.46. The molecule has 1 aliphatic rings. The first-order valence-electron chi connectivity index (χ1n) is 10.1. The first-order valence-corrected chi connectivity index (χ1v) is 10.1. The standard InChI is InChI=1S/C21H32N6O3/c1-22-21(23-12-16-13-25-26(2)15-16)24-14-18(27-7-9-30-10-8-27)17-5-6-19(28-3)20(11-17)29-4/h5-6,11,13,15,18H,7-10,12,14H2,1-4H3,(H2,22,23,24). The molecular weight excluding hydrogens is 384 g/mol. The molecule has 2 heterocycles. The summed E-state index contributed by atoms with van der Waals surface area (Å²) in [7, 11) is 7.00. The van der Waals surface area contributed by atoms with Crippen LogP contribution in [0.5, 0.6) is 11.5 Å². The van der Waals surface area contributed by atoms with Crippen molar-refractivity contribution in [1.29, 1.82) is 0 Å². The van der Waals surface area contributed by atoms with Crippen molar-refractivity contribution in [3.63, 3.8) is 0 Å². The zero-order valence-electron chi connectivity index (χ0n) is 18.2. The number of aromatic nitrogens is 2. The average Bonchev–Trinajstić information content (AvgIpc) is 3.21. The molecule has 0 aliphatic carbocycles. The molecule has 9 nitrogen and oxygen atoms in total. The lowest BCUT2D eigenvalue weighted by Gasteiger charge is -2.35. The lowest BCUT2D eigenvalue weighted by molar-refractivity contribution is 0.0169. The van der Waals surface area contributed by atoms with Crippen molar-refractivity contribution in [1.82, 2.24) is 25.3 Å². The Balaban J connectivity index is 1.70. The zero-order chi connectivity index (χ0) is 21.3. The largest absolute Gasteiger partial charge is 0.493 e. The Morgan fingerprint density at radius 2 is 1.97 bits per heavy atom. The minimum Gasteiger partial charge on any atom is -0.493 e. The molecule has 0 amide bonds. The van der Waals surface area contributed by atoms with E-state index in [9.17, 15) is 0 Å². The molecular formula is C21H32N6O3. The normalized spacial score (nSPS) is 16.2.